The van der Waals surface area contributed by atoms with E-state index in [1.807, 2.05) is 18.2 Å². The Balaban J connectivity index is 1.85. The molecule has 0 bridgehead atoms. The van der Waals surface area contributed by atoms with Crippen molar-refractivity contribution in [1.82, 2.24) is 5.32 Å². The standard InChI is InChI=1S/C20H24N2O4/c1-14(2)13-26-17-10-8-16(9-11-17)22-20(24)19(23)21-12-15-6-4-5-7-18(15)25-3/h4-11,14H,12-13H2,1-3H3,(H,21,23)(H,22,24). The Hall–Kier alpha value is -3.02. The molecule has 0 unspecified atom stereocenters. The van der Waals surface area contributed by atoms with Gasteiger partial charge in [-0.05, 0) is 36.2 Å². The van der Waals surface area contributed by atoms with Gasteiger partial charge < -0.3 is 20.1 Å². The first-order chi connectivity index (χ1) is 12.5. The van der Waals surface area contributed by atoms with Crippen LogP contribution in [0.5, 0.6) is 11.5 Å². The predicted molar refractivity (Wildman–Crippen MR) is 100 cm³/mol. The Bertz CT molecular complexity index is 742. The lowest BCUT2D eigenvalue weighted by molar-refractivity contribution is -0.136. The summed E-state index contributed by atoms with van der Waals surface area (Å²) in [5.41, 5.74) is 1.32. The molecule has 138 valence electrons. The van der Waals surface area contributed by atoms with Crippen molar-refractivity contribution in [3.63, 3.8) is 0 Å². The zero-order chi connectivity index (χ0) is 18.9. The van der Waals surface area contributed by atoms with Crippen molar-refractivity contribution >= 4 is 17.5 Å². The van der Waals surface area contributed by atoms with E-state index in [4.69, 9.17) is 9.47 Å². The number of rotatable bonds is 7. The van der Waals surface area contributed by atoms with Gasteiger partial charge in [0.05, 0.1) is 13.7 Å². The lowest BCUT2D eigenvalue weighted by Gasteiger charge is -2.11. The fourth-order valence-electron chi connectivity index (χ4n) is 2.19. The number of amides is 2. The number of carbonyl (C=O) groups is 2. The molecule has 2 rings (SSSR count). The molecule has 0 aromatic heterocycles. The van der Waals surface area contributed by atoms with Gasteiger partial charge in [0, 0.05) is 17.8 Å². The Kier molecular flexibility index (Phi) is 7.02. The summed E-state index contributed by atoms with van der Waals surface area (Å²) in [6, 6.07) is 14.2. The SMILES string of the molecule is COc1ccccc1CNC(=O)C(=O)Nc1ccc(OCC(C)C)cc1. The molecule has 2 amide bonds. The Morgan fingerprint density at radius 1 is 1.00 bits per heavy atom. The molecule has 6 heteroatoms. The summed E-state index contributed by atoms with van der Waals surface area (Å²) in [7, 11) is 1.56. The van der Waals surface area contributed by atoms with E-state index in [0.29, 0.717) is 24.0 Å². The number of nitrogens with one attached hydrogen (secondary N) is 2. The Labute approximate surface area is 153 Å². The molecule has 0 aliphatic heterocycles. The second-order valence-corrected chi connectivity index (χ2v) is 6.18. The van der Waals surface area contributed by atoms with Crippen molar-refractivity contribution in [2.45, 2.75) is 20.4 Å². The van der Waals surface area contributed by atoms with Crippen molar-refractivity contribution in [3.05, 3.63) is 54.1 Å². The van der Waals surface area contributed by atoms with Crippen LogP contribution < -0.4 is 20.1 Å². The average Bonchev–Trinajstić information content (AvgIpc) is 2.65. The van der Waals surface area contributed by atoms with Crippen LogP contribution in [0.1, 0.15) is 19.4 Å². The number of ether oxygens (including phenoxy) is 2. The molecule has 2 aromatic rings. The summed E-state index contributed by atoms with van der Waals surface area (Å²) < 4.78 is 10.8. The Morgan fingerprint density at radius 2 is 1.69 bits per heavy atom. The zero-order valence-corrected chi connectivity index (χ0v) is 15.2. The predicted octanol–water partition coefficient (Wildman–Crippen LogP) is 2.98. The minimum absolute atomic E-state index is 0.207. The largest absolute Gasteiger partial charge is 0.496 e. The fourth-order valence-corrected chi connectivity index (χ4v) is 2.19. The van der Waals surface area contributed by atoms with Gasteiger partial charge in [0.1, 0.15) is 11.5 Å². The highest BCUT2D eigenvalue weighted by Crippen LogP contribution is 2.17. The quantitative estimate of drug-likeness (QED) is 0.748. The highest BCUT2D eigenvalue weighted by atomic mass is 16.5. The third-order valence-electron chi connectivity index (χ3n) is 3.53. The molecule has 0 atom stereocenters. The van der Waals surface area contributed by atoms with Gasteiger partial charge in [-0.2, -0.15) is 0 Å². The van der Waals surface area contributed by atoms with Crippen LogP contribution >= 0.6 is 0 Å². The normalized spacial score (nSPS) is 10.3. The summed E-state index contributed by atoms with van der Waals surface area (Å²) in [6.07, 6.45) is 0. The second kappa shape index (κ2) is 9.46. The molecule has 6 nitrogen and oxygen atoms in total. The van der Waals surface area contributed by atoms with Crippen LogP contribution in [0.15, 0.2) is 48.5 Å². The first-order valence-corrected chi connectivity index (χ1v) is 8.43. The second-order valence-electron chi connectivity index (χ2n) is 6.18. The van der Waals surface area contributed by atoms with Crippen LogP contribution in [0, 0.1) is 5.92 Å². The van der Waals surface area contributed by atoms with E-state index in [9.17, 15) is 9.59 Å². The average molecular weight is 356 g/mol. The third kappa shape index (κ3) is 5.81. The van der Waals surface area contributed by atoms with Crippen LogP contribution in [0.25, 0.3) is 0 Å². The summed E-state index contributed by atoms with van der Waals surface area (Å²) in [4.78, 5) is 24.0. The minimum atomic E-state index is -0.726. The lowest BCUT2D eigenvalue weighted by atomic mass is 10.2. The maximum Gasteiger partial charge on any atom is 0.313 e. The summed E-state index contributed by atoms with van der Waals surface area (Å²) >= 11 is 0. The van der Waals surface area contributed by atoms with E-state index in [1.54, 1.807) is 37.4 Å². The number of methoxy groups -OCH3 is 1. The third-order valence-corrected chi connectivity index (χ3v) is 3.53. The summed E-state index contributed by atoms with van der Waals surface area (Å²) in [6.45, 7) is 4.96. The van der Waals surface area contributed by atoms with Crippen molar-refractivity contribution in [2.24, 2.45) is 5.92 Å². The number of para-hydroxylation sites is 1. The molecular formula is C20H24N2O4. The molecule has 0 heterocycles. The summed E-state index contributed by atoms with van der Waals surface area (Å²) in [5, 5.41) is 5.14. The number of carbonyl (C=O) groups excluding carboxylic acids is 2. The number of hydrogen-bond donors (Lipinski definition) is 2. The number of anilines is 1. The molecular weight excluding hydrogens is 332 g/mol. The van der Waals surface area contributed by atoms with Gasteiger partial charge in [0.2, 0.25) is 0 Å². The molecule has 2 aromatic carbocycles. The van der Waals surface area contributed by atoms with Crippen molar-refractivity contribution in [3.8, 4) is 11.5 Å². The van der Waals surface area contributed by atoms with E-state index in [0.717, 1.165) is 11.3 Å². The van der Waals surface area contributed by atoms with Gasteiger partial charge >= 0.3 is 11.8 Å². The monoisotopic (exact) mass is 356 g/mol. The molecule has 0 fully saturated rings. The highest BCUT2D eigenvalue weighted by Gasteiger charge is 2.14. The van der Waals surface area contributed by atoms with Crippen LogP contribution in [-0.4, -0.2) is 25.5 Å². The van der Waals surface area contributed by atoms with Crippen molar-refractivity contribution < 1.29 is 19.1 Å². The van der Waals surface area contributed by atoms with Crippen LogP contribution in [0.3, 0.4) is 0 Å². The Morgan fingerprint density at radius 3 is 2.35 bits per heavy atom. The zero-order valence-electron chi connectivity index (χ0n) is 15.2. The van der Waals surface area contributed by atoms with Crippen molar-refractivity contribution in [1.29, 1.82) is 0 Å². The van der Waals surface area contributed by atoms with E-state index >= 15 is 0 Å². The molecule has 0 spiro atoms. The van der Waals surface area contributed by atoms with Crippen LogP contribution in [-0.2, 0) is 16.1 Å². The van der Waals surface area contributed by atoms with Gasteiger partial charge in [-0.3, -0.25) is 9.59 Å². The molecule has 26 heavy (non-hydrogen) atoms. The van der Waals surface area contributed by atoms with Crippen LogP contribution in [0.4, 0.5) is 5.69 Å². The highest BCUT2D eigenvalue weighted by molar-refractivity contribution is 6.39. The minimum Gasteiger partial charge on any atom is -0.496 e. The van der Waals surface area contributed by atoms with Gasteiger partial charge in [-0.25, -0.2) is 0 Å². The first-order valence-electron chi connectivity index (χ1n) is 8.43. The maximum absolute atomic E-state index is 12.0. The van der Waals surface area contributed by atoms with E-state index in [1.165, 1.54) is 0 Å². The van der Waals surface area contributed by atoms with E-state index < -0.39 is 11.8 Å². The molecule has 0 saturated heterocycles. The number of hydrogen-bond acceptors (Lipinski definition) is 4. The van der Waals surface area contributed by atoms with E-state index in [2.05, 4.69) is 24.5 Å². The molecule has 0 aliphatic rings. The maximum atomic E-state index is 12.0. The topological polar surface area (TPSA) is 76.7 Å². The number of benzene rings is 2. The van der Waals surface area contributed by atoms with Crippen molar-refractivity contribution in [2.75, 3.05) is 19.0 Å². The van der Waals surface area contributed by atoms with Gasteiger partial charge in [-0.1, -0.05) is 32.0 Å². The summed E-state index contributed by atoms with van der Waals surface area (Å²) in [5.74, 6) is 0.371. The lowest BCUT2D eigenvalue weighted by Crippen LogP contribution is -2.35. The first kappa shape index (κ1) is 19.3. The smallest absolute Gasteiger partial charge is 0.313 e. The van der Waals surface area contributed by atoms with Gasteiger partial charge in [0.25, 0.3) is 0 Å². The molecule has 0 aliphatic carbocycles. The fraction of sp³-hybridized carbons (Fsp3) is 0.300. The van der Waals surface area contributed by atoms with Gasteiger partial charge in [-0.15, -0.1) is 0 Å². The molecule has 0 radical (unpaired) electrons. The van der Waals surface area contributed by atoms with E-state index in [-0.39, 0.29) is 6.54 Å². The van der Waals surface area contributed by atoms with Crippen LogP contribution in [0.2, 0.25) is 0 Å². The molecule has 2 N–H and O–H groups in total. The molecule has 0 saturated carbocycles. The van der Waals surface area contributed by atoms with Gasteiger partial charge in [0.15, 0.2) is 0 Å².